The number of ether oxygens (including phenoxy) is 2. The first kappa shape index (κ1) is 28.0. The van der Waals surface area contributed by atoms with Crippen LogP contribution in [0, 0.1) is 0 Å². The molecule has 1 aliphatic heterocycles. The van der Waals surface area contributed by atoms with Crippen LogP contribution in [0.2, 0.25) is 0 Å². The zero-order valence-electron chi connectivity index (χ0n) is 21.7. The van der Waals surface area contributed by atoms with Crippen LogP contribution < -0.4 is 9.47 Å². The number of hydrogen-bond donors (Lipinski definition) is 2. The summed E-state index contributed by atoms with van der Waals surface area (Å²) in [7, 11) is -3.67. The van der Waals surface area contributed by atoms with E-state index in [0.717, 1.165) is 50.5 Å². The lowest BCUT2D eigenvalue weighted by Gasteiger charge is -2.32. The van der Waals surface area contributed by atoms with Crippen molar-refractivity contribution >= 4 is 21.0 Å². The third kappa shape index (κ3) is 9.15. The number of aromatic nitrogens is 1. The van der Waals surface area contributed by atoms with Crippen molar-refractivity contribution in [1.82, 2.24) is 9.88 Å². The Bertz CT molecular complexity index is 1160. The minimum absolute atomic E-state index is 0.626. The molecule has 7 nitrogen and oxygen atoms in total. The molecule has 0 amide bonds. The summed E-state index contributed by atoms with van der Waals surface area (Å²) in [4.78, 5) is 6.08. The number of fused-ring (bicyclic) bond motifs is 1. The number of hydrogen-bond acceptors (Lipinski definition) is 5. The number of benzene rings is 2. The number of nitrogens with one attached hydrogen (secondary N) is 1. The summed E-state index contributed by atoms with van der Waals surface area (Å²) in [6, 6.07) is 15.0. The molecule has 2 N–H and O–H groups in total. The number of aromatic amines is 1. The lowest BCUT2D eigenvalue weighted by Crippen LogP contribution is -2.34. The lowest BCUT2D eigenvalue weighted by atomic mass is 9.89. The third-order valence-corrected chi connectivity index (χ3v) is 6.43. The Morgan fingerprint density at radius 2 is 1.69 bits per heavy atom. The van der Waals surface area contributed by atoms with Crippen LogP contribution in [0.4, 0.5) is 0 Å². The van der Waals surface area contributed by atoms with Gasteiger partial charge in [-0.1, -0.05) is 25.5 Å². The van der Waals surface area contributed by atoms with Gasteiger partial charge in [0.1, 0.15) is 11.5 Å². The SMILES string of the molecule is CCCCOc1ccc2[nH]cc(C3CCN(CCc4ccc(OCC)cc4)CC3)c2c1.CS(=O)(=O)O. The van der Waals surface area contributed by atoms with E-state index in [-0.39, 0.29) is 0 Å². The molecule has 0 atom stereocenters. The lowest BCUT2D eigenvalue weighted by molar-refractivity contribution is 0.215. The summed E-state index contributed by atoms with van der Waals surface area (Å²) in [5.41, 5.74) is 4.07. The number of H-pyrrole nitrogens is 1. The summed E-state index contributed by atoms with van der Waals surface area (Å²) in [6.07, 6.45) is 8.74. The second kappa shape index (κ2) is 13.7. The zero-order chi connectivity index (χ0) is 26.0. The smallest absolute Gasteiger partial charge is 0.261 e. The van der Waals surface area contributed by atoms with E-state index in [1.807, 2.05) is 6.92 Å². The quantitative estimate of drug-likeness (QED) is 0.266. The van der Waals surface area contributed by atoms with Gasteiger partial charge in [0.25, 0.3) is 10.1 Å². The molecule has 3 aromatic rings. The highest BCUT2D eigenvalue weighted by atomic mass is 32.2. The van der Waals surface area contributed by atoms with Gasteiger partial charge >= 0.3 is 0 Å². The van der Waals surface area contributed by atoms with Crippen LogP contribution in [0.5, 0.6) is 11.5 Å². The number of likely N-dealkylation sites (tertiary alicyclic amines) is 1. The van der Waals surface area contributed by atoms with Crippen molar-refractivity contribution in [3.63, 3.8) is 0 Å². The van der Waals surface area contributed by atoms with Gasteiger partial charge in [0.2, 0.25) is 0 Å². The fourth-order valence-electron chi connectivity index (χ4n) is 4.56. The summed E-state index contributed by atoms with van der Waals surface area (Å²) in [5.74, 6) is 2.58. The van der Waals surface area contributed by atoms with Crippen molar-refractivity contribution in [2.24, 2.45) is 0 Å². The molecule has 198 valence electrons. The van der Waals surface area contributed by atoms with Crippen LogP contribution in [0.25, 0.3) is 10.9 Å². The summed E-state index contributed by atoms with van der Waals surface area (Å²) >= 11 is 0. The maximum Gasteiger partial charge on any atom is 0.261 e. The molecule has 4 rings (SSSR count). The molecular formula is C28H40N2O5S. The van der Waals surface area contributed by atoms with E-state index in [0.29, 0.717) is 12.2 Å². The van der Waals surface area contributed by atoms with E-state index in [4.69, 9.17) is 14.0 Å². The van der Waals surface area contributed by atoms with Gasteiger partial charge in [-0.3, -0.25) is 4.55 Å². The minimum Gasteiger partial charge on any atom is -0.494 e. The highest BCUT2D eigenvalue weighted by Crippen LogP contribution is 2.34. The molecule has 0 saturated carbocycles. The largest absolute Gasteiger partial charge is 0.494 e. The van der Waals surface area contributed by atoms with E-state index in [2.05, 4.69) is 65.5 Å². The van der Waals surface area contributed by atoms with Crippen molar-refractivity contribution < 1.29 is 22.4 Å². The standard InChI is InChI=1S/C27H36N2O2.CH4O3S/c1-3-5-18-31-24-10-11-27-25(19-24)26(20-28-27)22-13-16-29(17-14-22)15-12-21-6-8-23(9-7-21)30-4-2;1-5(2,3)4/h6-11,19-20,22,28H,3-5,12-18H2,1-2H3;1H3,(H,2,3,4). The molecular weight excluding hydrogens is 476 g/mol. The van der Waals surface area contributed by atoms with Gasteiger partial charge in [-0.15, -0.1) is 0 Å². The van der Waals surface area contributed by atoms with E-state index >= 15 is 0 Å². The molecule has 0 radical (unpaired) electrons. The number of nitrogens with zero attached hydrogens (tertiary/aromatic N) is 1. The monoisotopic (exact) mass is 516 g/mol. The molecule has 0 bridgehead atoms. The van der Waals surface area contributed by atoms with E-state index in [1.165, 1.54) is 48.0 Å². The highest BCUT2D eigenvalue weighted by Gasteiger charge is 2.23. The van der Waals surface area contributed by atoms with Crippen LogP contribution in [-0.2, 0) is 16.5 Å². The molecule has 1 aromatic heterocycles. The maximum atomic E-state index is 9.19. The van der Waals surface area contributed by atoms with Crippen molar-refractivity contribution in [3.8, 4) is 11.5 Å². The predicted molar refractivity (Wildman–Crippen MR) is 146 cm³/mol. The summed E-state index contributed by atoms with van der Waals surface area (Å²) in [5, 5.41) is 1.34. The van der Waals surface area contributed by atoms with E-state index in [1.54, 1.807) is 0 Å². The number of piperidine rings is 1. The topological polar surface area (TPSA) is 91.9 Å². The first-order valence-corrected chi connectivity index (χ1v) is 14.7. The van der Waals surface area contributed by atoms with Gasteiger partial charge in [-0.25, -0.2) is 0 Å². The van der Waals surface area contributed by atoms with Gasteiger partial charge in [0.05, 0.1) is 19.5 Å². The number of unbranched alkanes of at least 4 members (excludes halogenated alkanes) is 1. The second-order valence-electron chi connectivity index (χ2n) is 9.33. The first-order chi connectivity index (χ1) is 17.3. The predicted octanol–water partition coefficient (Wildman–Crippen LogP) is 5.67. The zero-order valence-corrected chi connectivity index (χ0v) is 22.5. The Labute approximate surface area is 215 Å². The van der Waals surface area contributed by atoms with Crippen LogP contribution >= 0.6 is 0 Å². The van der Waals surface area contributed by atoms with Crippen LogP contribution in [-0.4, -0.2) is 62.0 Å². The van der Waals surface area contributed by atoms with Crippen molar-refractivity contribution in [2.75, 3.05) is 39.1 Å². The number of rotatable bonds is 10. The molecule has 8 heteroatoms. The molecule has 2 aromatic carbocycles. The molecule has 2 heterocycles. The van der Waals surface area contributed by atoms with Crippen LogP contribution in [0.15, 0.2) is 48.7 Å². The van der Waals surface area contributed by atoms with E-state index < -0.39 is 10.1 Å². The summed E-state index contributed by atoms with van der Waals surface area (Å²) < 4.78 is 37.4. The fraction of sp³-hybridized carbons (Fsp3) is 0.500. The maximum absolute atomic E-state index is 9.19. The van der Waals surface area contributed by atoms with Crippen molar-refractivity contribution in [3.05, 3.63) is 59.8 Å². The fourth-order valence-corrected chi connectivity index (χ4v) is 4.56. The van der Waals surface area contributed by atoms with Gasteiger partial charge in [-0.05, 0) is 93.1 Å². The summed E-state index contributed by atoms with van der Waals surface area (Å²) in [6.45, 7) is 9.20. The molecule has 0 unspecified atom stereocenters. The van der Waals surface area contributed by atoms with Gasteiger partial charge in [0.15, 0.2) is 0 Å². The molecule has 1 aliphatic rings. The Morgan fingerprint density at radius 1 is 1.03 bits per heavy atom. The van der Waals surface area contributed by atoms with Crippen molar-refractivity contribution in [1.29, 1.82) is 0 Å². The molecule has 0 spiro atoms. The Hall–Kier alpha value is -2.55. The van der Waals surface area contributed by atoms with Crippen LogP contribution in [0.3, 0.4) is 0 Å². The normalized spacial score (nSPS) is 14.9. The van der Waals surface area contributed by atoms with Gasteiger partial charge in [0, 0.05) is 23.6 Å². The highest BCUT2D eigenvalue weighted by molar-refractivity contribution is 7.85. The molecule has 1 fully saturated rings. The molecule has 1 saturated heterocycles. The van der Waals surface area contributed by atoms with Crippen LogP contribution in [0.1, 0.15) is 56.6 Å². The average molecular weight is 517 g/mol. The van der Waals surface area contributed by atoms with Gasteiger partial charge in [-0.2, -0.15) is 8.42 Å². The van der Waals surface area contributed by atoms with Gasteiger partial charge < -0.3 is 19.4 Å². The Kier molecular flexibility index (Phi) is 10.6. The van der Waals surface area contributed by atoms with E-state index in [9.17, 15) is 8.42 Å². The third-order valence-electron chi connectivity index (χ3n) is 6.43. The molecule has 36 heavy (non-hydrogen) atoms. The minimum atomic E-state index is -3.67. The second-order valence-corrected chi connectivity index (χ2v) is 10.8. The average Bonchev–Trinajstić information content (AvgIpc) is 3.27. The molecule has 0 aliphatic carbocycles. The first-order valence-electron chi connectivity index (χ1n) is 12.9. The van der Waals surface area contributed by atoms with Crippen molar-refractivity contribution in [2.45, 2.75) is 51.9 Å². The Morgan fingerprint density at radius 3 is 2.33 bits per heavy atom. The Balaban J connectivity index is 0.000000658.